The first kappa shape index (κ1) is 7.44. The standard InChI is InChI=1S/C7H8O2S/c8-5-6(9)4-7-2-1-3-10-7/h1-3,8H,4-5H2. The lowest BCUT2D eigenvalue weighted by atomic mass is 10.2. The predicted molar refractivity (Wildman–Crippen MR) is 40.1 cm³/mol. The van der Waals surface area contributed by atoms with Gasteiger partial charge in [-0.1, -0.05) is 6.07 Å². The van der Waals surface area contributed by atoms with Gasteiger partial charge in [0.1, 0.15) is 6.61 Å². The highest BCUT2D eigenvalue weighted by atomic mass is 32.1. The van der Waals surface area contributed by atoms with Gasteiger partial charge in [-0.05, 0) is 11.4 Å². The number of thiophene rings is 1. The van der Waals surface area contributed by atoms with Gasteiger partial charge in [0.25, 0.3) is 0 Å². The average Bonchev–Trinajstić information content (AvgIpc) is 2.40. The van der Waals surface area contributed by atoms with Crippen molar-refractivity contribution in [3.8, 4) is 0 Å². The highest BCUT2D eigenvalue weighted by molar-refractivity contribution is 7.10. The second-order valence-electron chi connectivity index (χ2n) is 1.95. The topological polar surface area (TPSA) is 37.3 Å². The number of aliphatic hydroxyl groups excluding tert-OH is 1. The quantitative estimate of drug-likeness (QED) is 0.704. The first-order valence-corrected chi connectivity index (χ1v) is 3.86. The molecular weight excluding hydrogens is 148 g/mol. The highest BCUT2D eigenvalue weighted by Gasteiger charge is 2.00. The van der Waals surface area contributed by atoms with Crippen LogP contribution in [0.2, 0.25) is 0 Å². The first-order chi connectivity index (χ1) is 4.83. The summed E-state index contributed by atoms with van der Waals surface area (Å²) in [5.41, 5.74) is 0. The third-order valence-electron chi connectivity index (χ3n) is 1.13. The van der Waals surface area contributed by atoms with Crippen LogP contribution in [0.1, 0.15) is 4.88 Å². The summed E-state index contributed by atoms with van der Waals surface area (Å²) in [6.07, 6.45) is 0.369. The van der Waals surface area contributed by atoms with Gasteiger partial charge in [-0.15, -0.1) is 11.3 Å². The maximum atomic E-state index is 10.6. The molecule has 1 rings (SSSR count). The van der Waals surface area contributed by atoms with Crippen LogP contribution in [0, 0.1) is 0 Å². The number of hydrogen-bond acceptors (Lipinski definition) is 3. The van der Waals surface area contributed by atoms with Gasteiger partial charge >= 0.3 is 0 Å². The number of ketones is 1. The van der Waals surface area contributed by atoms with Gasteiger partial charge in [0, 0.05) is 11.3 Å². The van der Waals surface area contributed by atoms with Crippen molar-refractivity contribution in [1.29, 1.82) is 0 Å². The predicted octanol–water partition coefficient (Wildman–Crippen LogP) is 0.852. The van der Waals surface area contributed by atoms with Crippen LogP contribution in [-0.2, 0) is 11.2 Å². The molecule has 1 N–H and O–H groups in total. The van der Waals surface area contributed by atoms with Crippen LogP contribution in [0.4, 0.5) is 0 Å². The molecule has 0 radical (unpaired) electrons. The number of hydrogen-bond donors (Lipinski definition) is 1. The molecule has 1 aromatic rings. The SMILES string of the molecule is O=C(CO)Cc1cccs1. The minimum atomic E-state index is -0.349. The Kier molecular flexibility index (Phi) is 2.59. The second kappa shape index (κ2) is 3.49. The van der Waals surface area contributed by atoms with Crippen LogP contribution in [0.15, 0.2) is 17.5 Å². The van der Waals surface area contributed by atoms with Gasteiger partial charge in [0.15, 0.2) is 5.78 Å². The van der Waals surface area contributed by atoms with Crippen molar-refractivity contribution in [2.45, 2.75) is 6.42 Å². The molecule has 0 saturated carbocycles. The van der Waals surface area contributed by atoms with Gasteiger partial charge in [-0.25, -0.2) is 0 Å². The third-order valence-corrected chi connectivity index (χ3v) is 2.00. The molecule has 0 unspecified atom stereocenters. The van der Waals surface area contributed by atoms with E-state index >= 15 is 0 Å². The van der Waals surface area contributed by atoms with Gasteiger partial charge in [-0.2, -0.15) is 0 Å². The summed E-state index contributed by atoms with van der Waals surface area (Å²) in [5.74, 6) is -0.123. The summed E-state index contributed by atoms with van der Waals surface area (Å²) in [4.78, 5) is 11.6. The molecule has 0 aliphatic carbocycles. The lowest BCUT2D eigenvalue weighted by Crippen LogP contribution is -2.05. The van der Waals surface area contributed by atoms with Crippen molar-refractivity contribution < 1.29 is 9.90 Å². The Morgan fingerprint density at radius 1 is 1.70 bits per heavy atom. The zero-order chi connectivity index (χ0) is 7.40. The van der Waals surface area contributed by atoms with E-state index in [1.165, 1.54) is 11.3 Å². The van der Waals surface area contributed by atoms with Crippen LogP contribution in [-0.4, -0.2) is 17.5 Å². The normalized spacial score (nSPS) is 9.70. The fraction of sp³-hybridized carbons (Fsp3) is 0.286. The van der Waals surface area contributed by atoms with E-state index in [9.17, 15) is 4.79 Å². The Bertz CT molecular complexity index is 203. The van der Waals surface area contributed by atoms with Crippen molar-refractivity contribution in [3.05, 3.63) is 22.4 Å². The van der Waals surface area contributed by atoms with Crippen molar-refractivity contribution in [3.63, 3.8) is 0 Å². The molecule has 0 fully saturated rings. The molecule has 2 nitrogen and oxygen atoms in total. The van der Waals surface area contributed by atoms with Crippen LogP contribution < -0.4 is 0 Å². The van der Waals surface area contributed by atoms with E-state index in [1.807, 2.05) is 17.5 Å². The Hall–Kier alpha value is -0.670. The lowest BCUT2D eigenvalue weighted by Gasteiger charge is -1.90. The molecule has 1 aromatic heterocycles. The lowest BCUT2D eigenvalue weighted by molar-refractivity contribution is -0.121. The zero-order valence-electron chi connectivity index (χ0n) is 5.41. The molecule has 0 aromatic carbocycles. The van der Waals surface area contributed by atoms with E-state index in [0.29, 0.717) is 6.42 Å². The van der Waals surface area contributed by atoms with Gasteiger partial charge < -0.3 is 5.11 Å². The largest absolute Gasteiger partial charge is 0.389 e. The minimum absolute atomic E-state index is 0.123. The van der Waals surface area contributed by atoms with E-state index in [-0.39, 0.29) is 12.4 Å². The molecule has 0 atom stereocenters. The monoisotopic (exact) mass is 156 g/mol. The maximum absolute atomic E-state index is 10.6. The van der Waals surface area contributed by atoms with Gasteiger partial charge in [-0.3, -0.25) is 4.79 Å². The Morgan fingerprint density at radius 3 is 3.00 bits per heavy atom. The van der Waals surface area contributed by atoms with Crippen LogP contribution in [0.3, 0.4) is 0 Å². The molecule has 0 aliphatic rings. The molecule has 54 valence electrons. The second-order valence-corrected chi connectivity index (χ2v) is 2.99. The van der Waals surface area contributed by atoms with Crippen LogP contribution in [0.25, 0.3) is 0 Å². The average molecular weight is 156 g/mol. The molecule has 0 amide bonds. The van der Waals surface area contributed by atoms with E-state index in [0.717, 1.165) is 4.88 Å². The van der Waals surface area contributed by atoms with Crippen LogP contribution in [0.5, 0.6) is 0 Å². The Balaban J connectivity index is 2.48. The van der Waals surface area contributed by atoms with Gasteiger partial charge in [0.05, 0.1) is 0 Å². The summed E-state index contributed by atoms with van der Waals surface area (Å²) in [7, 11) is 0. The summed E-state index contributed by atoms with van der Waals surface area (Å²) >= 11 is 1.53. The van der Waals surface area contributed by atoms with Gasteiger partial charge in [0.2, 0.25) is 0 Å². The van der Waals surface area contributed by atoms with Crippen molar-refractivity contribution in [1.82, 2.24) is 0 Å². The number of aliphatic hydroxyl groups is 1. The Labute approximate surface area is 63.1 Å². The van der Waals surface area contributed by atoms with E-state index in [4.69, 9.17) is 5.11 Å². The van der Waals surface area contributed by atoms with E-state index in [2.05, 4.69) is 0 Å². The maximum Gasteiger partial charge on any atom is 0.163 e. The molecule has 0 saturated heterocycles. The molecule has 1 heterocycles. The molecule has 0 bridgehead atoms. The molecule has 0 spiro atoms. The number of carbonyl (C=O) groups is 1. The summed E-state index contributed by atoms with van der Waals surface area (Å²) < 4.78 is 0. The van der Waals surface area contributed by atoms with E-state index in [1.54, 1.807) is 0 Å². The molecule has 0 aliphatic heterocycles. The third kappa shape index (κ3) is 1.93. The smallest absolute Gasteiger partial charge is 0.163 e. The Morgan fingerprint density at radius 2 is 2.50 bits per heavy atom. The molecular formula is C7H8O2S. The fourth-order valence-electron chi connectivity index (χ4n) is 0.663. The number of carbonyl (C=O) groups excluding carboxylic acids is 1. The minimum Gasteiger partial charge on any atom is -0.389 e. The summed E-state index contributed by atoms with van der Waals surface area (Å²) in [6, 6.07) is 3.78. The first-order valence-electron chi connectivity index (χ1n) is 2.98. The number of rotatable bonds is 3. The van der Waals surface area contributed by atoms with E-state index < -0.39 is 0 Å². The molecule has 10 heavy (non-hydrogen) atoms. The highest BCUT2D eigenvalue weighted by Crippen LogP contribution is 2.08. The summed E-state index contributed by atoms with van der Waals surface area (Å²) in [5, 5.41) is 10.3. The van der Waals surface area contributed by atoms with Crippen molar-refractivity contribution in [2.75, 3.05) is 6.61 Å². The van der Waals surface area contributed by atoms with Crippen molar-refractivity contribution in [2.24, 2.45) is 0 Å². The fourth-order valence-corrected chi connectivity index (χ4v) is 1.40. The molecule has 3 heteroatoms. The number of Topliss-reactive ketones (excluding diaryl/α,β-unsaturated/α-hetero) is 1. The summed E-state index contributed by atoms with van der Waals surface area (Å²) in [6.45, 7) is -0.349. The van der Waals surface area contributed by atoms with Crippen molar-refractivity contribution >= 4 is 17.1 Å². The van der Waals surface area contributed by atoms with Crippen LogP contribution >= 0.6 is 11.3 Å². The zero-order valence-corrected chi connectivity index (χ0v) is 6.23.